The van der Waals surface area contributed by atoms with Gasteiger partial charge in [0.2, 0.25) is 5.91 Å². The molecule has 0 aliphatic rings. The summed E-state index contributed by atoms with van der Waals surface area (Å²) in [5.74, 6) is -0.268. The number of methoxy groups -OCH3 is 1. The quantitative estimate of drug-likeness (QED) is 0.532. The molecule has 0 spiro atoms. The summed E-state index contributed by atoms with van der Waals surface area (Å²) in [7, 11) is 1.56. The molecule has 7 heteroatoms. The molecule has 0 aliphatic carbocycles. The third-order valence-electron chi connectivity index (χ3n) is 4.59. The van der Waals surface area contributed by atoms with Gasteiger partial charge in [0.05, 0.1) is 6.61 Å². The van der Waals surface area contributed by atoms with E-state index in [-0.39, 0.29) is 11.6 Å². The van der Waals surface area contributed by atoms with Gasteiger partial charge in [-0.15, -0.1) is 0 Å². The summed E-state index contributed by atoms with van der Waals surface area (Å²) in [6, 6.07) is 18.0. The monoisotopic (exact) mass is 407 g/mol. The van der Waals surface area contributed by atoms with Gasteiger partial charge in [0.1, 0.15) is 6.04 Å². The van der Waals surface area contributed by atoms with Gasteiger partial charge in [0.25, 0.3) is 5.91 Å². The van der Waals surface area contributed by atoms with Crippen LogP contribution in [-0.2, 0) is 16.0 Å². The van der Waals surface area contributed by atoms with Gasteiger partial charge in [0.15, 0.2) is 11.5 Å². The standard InChI is InChI=1S/C23H25N3O4/c1-16-8-10-18(11-9-16)21-15-20(26-30-21)23(28)25-19(22(27)24-12-13-29-2)14-17-6-4-3-5-7-17/h3-11,15,19H,12-14H2,1-2H3,(H,24,27)(H,25,28). The van der Waals surface area contributed by atoms with Crippen molar-refractivity contribution in [2.45, 2.75) is 19.4 Å². The first kappa shape index (κ1) is 21.3. The second kappa shape index (κ2) is 10.4. The number of aryl methyl sites for hydroxylation is 1. The van der Waals surface area contributed by atoms with E-state index in [9.17, 15) is 9.59 Å². The first-order valence-electron chi connectivity index (χ1n) is 9.72. The minimum atomic E-state index is -0.753. The highest BCUT2D eigenvalue weighted by Crippen LogP contribution is 2.20. The molecule has 2 amide bonds. The van der Waals surface area contributed by atoms with Gasteiger partial charge in [-0.2, -0.15) is 0 Å². The van der Waals surface area contributed by atoms with Crippen LogP contribution in [-0.4, -0.2) is 43.3 Å². The van der Waals surface area contributed by atoms with E-state index in [0.29, 0.717) is 25.3 Å². The second-order valence-electron chi connectivity index (χ2n) is 6.94. The highest BCUT2D eigenvalue weighted by Gasteiger charge is 2.23. The molecule has 3 aromatic rings. The largest absolute Gasteiger partial charge is 0.383 e. The molecule has 156 valence electrons. The van der Waals surface area contributed by atoms with Gasteiger partial charge in [-0.05, 0) is 12.5 Å². The van der Waals surface area contributed by atoms with Crippen molar-refractivity contribution >= 4 is 11.8 Å². The van der Waals surface area contributed by atoms with Gasteiger partial charge >= 0.3 is 0 Å². The Bertz CT molecular complexity index is 968. The van der Waals surface area contributed by atoms with Crippen LogP contribution in [0.25, 0.3) is 11.3 Å². The van der Waals surface area contributed by atoms with Crippen LogP contribution in [0, 0.1) is 6.92 Å². The maximum absolute atomic E-state index is 12.7. The van der Waals surface area contributed by atoms with E-state index in [1.807, 2.05) is 61.5 Å². The second-order valence-corrected chi connectivity index (χ2v) is 6.94. The molecule has 0 radical (unpaired) electrons. The Balaban J connectivity index is 1.72. The molecular weight excluding hydrogens is 382 g/mol. The molecule has 1 unspecified atom stereocenters. The summed E-state index contributed by atoms with van der Waals surface area (Å²) in [6.45, 7) is 2.74. The Morgan fingerprint density at radius 2 is 1.83 bits per heavy atom. The van der Waals surface area contributed by atoms with Crippen LogP contribution < -0.4 is 10.6 Å². The SMILES string of the molecule is COCCNC(=O)C(Cc1ccccc1)NC(=O)c1cc(-c2ccc(C)cc2)on1. The third-order valence-corrected chi connectivity index (χ3v) is 4.59. The number of amides is 2. The Morgan fingerprint density at radius 1 is 1.10 bits per heavy atom. The summed E-state index contributed by atoms with van der Waals surface area (Å²) < 4.78 is 10.3. The molecule has 3 rings (SSSR count). The lowest BCUT2D eigenvalue weighted by Gasteiger charge is -2.18. The van der Waals surface area contributed by atoms with E-state index in [0.717, 1.165) is 16.7 Å². The molecule has 1 aromatic heterocycles. The maximum Gasteiger partial charge on any atom is 0.274 e. The van der Waals surface area contributed by atoms with E-state index in [2.05, 4.69) is 15.8 Å². The van der Waals surface area contributed by atoms with Gasteiger partial charge < -0.3 is 19.9 Å². The number of ether oxygens (including phenoxy) is 1. The Labute approximate surface area is 175 Å². The highest BCUT2D eigenvalue weighted by molar-refractivity contribution is 5.96. The Kier molecular flexibility index (Phi) is 7.34. The highest BCUT2D eigenvalue weighted by atomic mass is 16.5. The number of carbonyl (C=O) groups is 2. The van der Waals surface area contributed by atoms with Crippen LogP contribution >= 0.6 is 0 Å². The molecule has 2 aromatic carbocycles. The molecule has 0 saturated heterocycles. The Hall–Kier alpha value is -3.45. The molecule has 2 N–H and O–H groups in total. The normalized spacial score (nSPS) is 11.7. The average molecular weight is 407 g/mol. The minimum Gasteiger partial charge on any atom is -0.383 e. The van der Waals surface area contributed by atoms with Crippen molar-refractivity contribution in [1.82, 2.24) is 15.8 Å². The maximum atomic E-state index is 12.7. The zero-order chi connectivity index (χ0) is 21.3. The van der Waals surface area contributed by atoms with Gasteiger partial charge in [-0.3, -0.25) is 9.59 Å². The smallest absolute Gasteiger partial charge is 0.274 e. The van der Waals surface area contributed by atoms with Crippen molar-refractivity contribution in [3.8, 4) is 11.3 Å². The molecule has 0 aliphatic heterocycles. The molecule has 0 bridgehead atoms. The molecule has 0 saturated carbocycles. The first-order valence-corrected chi connectivity index (χ1v) is 9.72. The van der Waals surface area contributed by atoms with Gasteiger partial charge in [-0.25, -0.2) is 0 Å². The lowest BCUT2D eigenvalue weighted by Crippen LogP contribution is -2.48. The molecule has 1 heterocycles. The average Bonchev–Trinajstić information content (AvgIpc) is 3.25. The lowest BCUT2D eigenvalue weighted by molar-refractivity contribution is -0.123. The van der Waals surface area contributed by atoms with Gasteiger partial charge in [-0.1, -0.05) is 65.3 Å². The van der Waals surface area contributed by atoms with Crippen molar-refractivity contribution in [3.05, 3.63) is 77.5 Å². The zero-order valence-electron chi connectivity index (χ0n) is 17.1. The number of hydrogen-bond acceptors (Lipinski definition) is 5. The van der Waals surface area contributed by atoms with Crippen molar-refractivity contribution < 1.29 is 18.8 Å². The first-order chi connectivity index (χ1) is 14.6. The summed E-state index contributed by atoms with van der Waals surface area (Å²) in [5, 5.41) is 9.41. The number of aromatic nitrogens is 1. The fourth-order valence-electron chi connectivity index (χ4n) is 2.93. The van der Waals surface area contributed by atoms with E-state index in [1.165, 1.54) is 0 Å². The van der Waals surface area contributed by atoms with Crippen LogP contribution in [0.15, 0.2) is 65.2 Å². The fraction of sp³-hybridized carbons (Fsp3) is 0.261. The van der Waals surface area contributed by atoms with Crippen molar-refractivity contribution in [1.29, 1.82) is 0 Å². The van der Waals surface area contributed by atoms with Crippen molar-refractivity contribution in [3.63, 3.8) is 0 Å². The molecular formula is C23H25N3O4. The predicted molar refractivity (Wildman–Crippen MR) is 113 cm³/mol. The topological polar surface area (TPSA) is 93.5 Å². The van der Waals surface area contributed by atoms with Gasteiger partial charge in [0, 0.05) is 31.7 Å². The van der Waals surface area contributed by atoms with Crippen LogP contribution in [0.1, 0.15) is 21.6 Å². The van der Waals surface area contributed by atoms with Crippen molar-refractivity contribution in [2.75, 3.05) is 20.3 Å². The molecule has 7 nitrogen and oxygen atoms in total. The summed E-state index contributed by atoms with van der Waals surface area (Å²) >= 11 is 0. The lowest BCUT2D eigenvalue weighted by atomic mass is 10.0. The summed E-state index contributed by atoms with van der Waals surface area (Å²) in [5.41, 5.74) is 3.00. The van der Waals surface area contributed by atoms with Crippen LogP contribution in [0.5, 0.6) is 0 Å². The van der Waals surface area contributed by atoms with Crippen LogP contribution in [0.4, 0.5) is 0 Å². The number of rotatable bonds is 9. The number of nitrogens with zero attached hydrogens (tertiary/aromatic N) is 1. The minimum absolute atomic E-state index is 0.119. The molecule has 1 atom stereocenters. The zero-order valence-corrected chi connectivity index (χ0v) is 17.1. The number of benzene rings is 2. The predicted octanol–water partition coefficient (Wildman–Crippen LogP) is 2.75. The third kappa shape index (κ3) is 5.78. The molecule has 30 heavy (non-hydrogen) atoms. The fourth-order valence-corrected chi connectivity index (χ4v) is 2.93. The van der Waals surface area contributed by atoms with Crippen LogP contribution in [0.3, 0.4) is 0 Å². The number of nitrogens with one attached hydrogen (secondary N) is 2. The van der Waals surface area contributed by atoms with E-state index >= 15 is 0 Å². The Morgan fingerprint density at radius 3 is 2.53 bits per heavy atom. The molecule has 0 fully saturated rings. The summed E-state index contributed by atoms with van der Waals surface area (Å²) in [4.78, 5) is 25.4. The summed E-state index contributed by atoms with van der Waals surface area (Å²) in [6.07, 6.45) is 0.355. The van der Waals surface area contributed by atoms with Crippen LogP contribution in [0.2, 0.25) is 0 Å². The van der Waals surface area contributed by atoms with Crippen molar-refractivity contribution in [2.24, 2.45) is 0 Å². The van der Waals surface area contributed by atoms with E-state index in [1.54, 1.807) is 13.2 Å². The number of carbonyl (C=O) groups excluding carboxylic acids is 2. The van der Waals surface area contributed by atoms with E-state index in [4.69, 9.17) is 9.26 Å². The number of hydrogen-bond donors (Lipinski definition) is 2. The van der Waals surface area contributed by atoms with E-state index < -0.39 is 11.9 Å².